The zero-order valence-corrected chi connectivity index (χ0v) is 76.3. The lowest BCUT2D eigenvalue weighted by molar-refractivity contribution is 0.313. The first kappa shape index (κ1) is 92.4. The molecule has 11 aromatic rings. The first-order chi connectivity index (χ1) is 59.8. The number of nitrogens with zero attached hydrogens (tertiary/aromatic N) is 16. The number of nitrogens with one attached hydrogen (secondary N) is 9. The van der Waals surface area contributed by atoms with Gasteiger partial charge in [0.2, 0.25) is 65.0 Å². The van der Waals surface area contributed by atoms with Crippen molar-refractivity contribution in [2.75, 3.05) is 146 Å². The summed E-state index contributed by atoms with van der Waals surface area (Å²) in [6.07, 6.45) is 4.30. The molecule has 6 heterocycles. The van der Waals surface area contributed by atoms with Crippen LogP contribution in [0.15, 0.2) is 220 Å². The smallest absolute Gasteiger partial charge is 0.246 e. The number of aromatic nitrogens is 6. The Balaban J connectivity index is 0.000000173. The van der Waals surface area contributed by atoms with Gasteiger partial charge in [-0.3, -0.25) is 0 Å². The largest absolute Gasteiger partial charge is 0.369 e. The van der Waals surface area contributed by atoms with Gasteiger partial charge in [-0.25, -0.2) is 88.7 Å². The number of benzene rings is 8. The molecule has 3 saturated heterocycles. The van der Waals surface area contributed by atoms with Crippen molar-refractivity contribution in [1.29, 1.82) is 0 Å². The Hall–Kier alpha value is -12.8. The van der Waals surface area contributed by atoms with E-state index in [1.807, 2.05) is 72.8 Å². The molecule has 0 spiro atoms. The maximum Gasteiger partial charge on any atom is 0.246 e. The third kappa shape index (κ3) is 25.7. The maximum absolute atomic E-state index is 13.4. The van der Waals surface area contributed by atoms with E-state index in [-0.39, 0.29) is 55.2 Å². The Bertz CT molecular complexity index is 6250. The van der Waals surface area contributed by atoms with Crippen LogP contribution < -0.4 is 60.8 Å². The average molecular weight is 1820 g/mol. The second-order valence-electron chi connectivity index (χ2n) is 33.6. The molecule has 3 aromatic heterocycles. The van der Waals surface area contributed by atoms with E-state index in [4.69, 9.17) is 26.3 Å². The van der Waals surface area contributed by atoms with Crippen molar-refractivity contribution in [3.05, 3.63) is 251 Å². The molecular weight excluding hydrogens is 1720 g/mol. The van der Waals surface area contributed by atoms with Crippen LogP contribution >= 0.6 is 15.9 Å². The number of likely N-dealkylation sites (N-methyl/N-ethyl adjacent to an activating group) is 3. The van der Waals surface area contributed by atoms with Gasteiger partial charge in [0.25, 0.3) is 0 Å². The Morgan fingerprint density at radius 2 is 0.627 bits per heavy atom. The lowest BCUT2D eigenvalue weighted by Gasteiger charge is -2.34. The molecule has 0 atom stereocenters. The molecule has 31 nitrogen and oxygen atoms in total. The molecule has 0 unspecified atom stereocenters. The van der Waals surface area contributed by atoms with E-state index in [1.165, 1.54) is 42.9 Å². The number of rotatable bonds is 23. The Morgan fingerprint density at radius 1 is 0.325 bits per heavy atom. The molecular formula is C91H102BrN25O6S3. The average Bonchev–Trinajstić information content (AvgIpc) is 0.772. The van der Waals surface area contributed by atoms with Crippen LogP contribution in [-0.2, 0) is 30.1 Å². The topological polar surface area (TPSA) is 325 Å². The van der Waals surface area contributed by atoms with Gasteiger partial charge in [-0.15, -0.1) is 0 Å². The number of hydrogen-bond donors (Lipinski definition) is 9. The van der Waals surface area contributed by atoms with Crippen LogP contribution in [0.25, 0.3) is 41.6 Å². The highest BCUT2D eigenvalue weighted by Crippen LogP contribution is 2.39. The van der Waals surface area contributed by atoms with Crippen molar-refractivity contribution in [2.45, 2.75) is 93.6 Å². The zero-order chi connectivity index (χ0) is 90.3. The van der Waals surface area contributed by atoms with Gasteiger partial charge in [0, 0.05) is 169 Å². The highest BCUT2D eigenvalue weighted by Gasteiger charge is 2.29. The molecule has 0 radical (unpaired) electrons. The Labute approximate surface area is 747 Å². The Kier molecular flexibility index (Phi) is 29.4. The molecule has 0 saturated carbocycles. The SMILES string of the molecule is [C-]#[N+]c1ccccc1-c1cc(Nc2nc(Nc3ccc(N4CCN(C)CC4)cc3)ncc2[N+]#[C-])cc(S(=O)(=O)NC(C)(C)C)c1.[C-]#[N+]c1cnc(Nc2ccc(N3CCN(C)CC3)cc2)nc1Nc1cc(-c2ccccc2)cc(S(=O)(=O)NC(C)(C)C)c1.[C-]#[N+]c1cnc(Nc2ccc(N3CCN(C)CC3)cc2)nc1Nc1cc(Br)cc(S(=O)(=O)NC(C)(C)C)c1. The summed E-state index contributed by atoms with van der Waals surface area (Å²) < 4.78 is 87.9. The van der Waals surface area contributed by atoms with Crippen molar-refractivity contribution in [2.24, 2.45) is 0 Å². The molecule has 0 aliphatic carbocycles. The van der Waals surface area contributed by atoms with Crippen LogP contribution in [0.2, 0.25) is 0 Å². The van der Waals surface area contributed by atoms with Gasteiger partial charge < -0.3 is 61.3 Å². The molecule has 3 fully saturated rings. The zero-order valence-electron chi connectivity index (χ0n) is 72.2. The Morgan fingerprint density at radius 3 is 0.960 bits per heavy atom. The summed E-state index contributed by atoms with van der Waals surface area (Å²) in [6.45, 7) is 58.6. The van der Waals surface area contributed by atoms with Gasteiger partial charge in [0.1, 0.15) is 17.5 Å². The van der Waals surface area contributed by atoms with Crippen molar-refractivity contribution in [3.8, 4) is 22.3 Å². The van der Waals surface area contributed by atoms with Crippen LogP contribution in [0.5, 0.6) is 0 Å². The van der Waals surface area contributed by atoms with E-state index in [2.05, 4.69) is 198 Å². The summed E-state index contributed by atoms with van der Waals surface area (Å²) in [6, 6.07) is 55.3. The van der Waals surface area contributed by atoms with Gasteiger partial charge >= 0.3 is 0 Å². The van der Waals surface area contributed by atoms with Crippen molar-refractivity contribution in [3.63, 3.8) is 0 Å². The second-order valence-corrected chi connectivity index (χ2v) is 39.6. The van der Waals surface area contributed by atoms with Gasteiger partial charge in [0.15, 0.2) is 5.69 Å². The molecule has 3 aliphatic heterocycles. The van der Waals surface area contributed by atoms with E-state index in [0.29, 0.717) is 55.8 Å². The number of piperazine rings is 3. The summed E-state index contributed by atoms with van der Waals surface area (Å²) in [5, 5.41) is 19.0. The summed E-state index contributed by atoms with van der Waals surface area (Å²) in [5.41, 5.74) is 8.81. The fraction of sp³-hybridized carbons (Fsp3) is 0.297. The molecule has 35 heteroatoms. The van der Waals surface area contributed by atoms with Crippen molar-refractivity contribution < 1.29 is 25.3 Å². The molecule has 14 rings (SSSR count). The first-order valence-electron chi connectivity index (χ1n) is 40.6. The minimum Gasteiger partial charge on any atom is -0.369 e. The number of anilines is 15. The maximum atomic E-state index is 13.4. The normalized spacial score (nSPS) is 14.3. The third-order valence-corrected chi connectivity index (χ3v) is 25.5. The van der Waals surface area contributed by atoms with Crippen LogP contribution in [0.4, 0.5) is 109 Å². The molecule has 652 valence electrons. The summed E-state index contributed by atoms with van der Waals surface area (Å²) >= 11 is 3.39. The van der Waals surface area contributed by atoms with E-state index >= 15 is 0 Å². The highest BCUT2D eigenvalue weighted by atomic mass is 79.9. The van der Waals surface area contributed by atoms with Crippen LogP contribution in [0, 0.1) is 26.3 Å². The standard InChI is InChI=1S/C33H35N9O2S.C32H36N8O2S.C26H31BrN8O2S/c1-33(2,3)40-45(43,44)27-20-23(28-9-7-8-10-29(28)34-4)19-25(21-27)37-31-30(35-5)22-36-32(39-31)38-24-11-13-26(14-12-24)42-17-15-41(6)16-18-42;1-32(2,3)38-43(41,42)28-20-24(23-9-7-6-8-10-23)19-26(21-28)35-30-29(33-4)22-34-31(37-30)36-25-11-13-27(14-12-25)40-17-15-39(5)16-18-40;1-26(2,3)33-38(36,37)22-15-18(27)14-20(16-22)30-24-23(28-4)17-29-25(32-24)31-19-6-8-21(9-7-19)35-12-10-34(5)11-13-35/h7-14,19-22,40H,15-18H2,1-3,6H3,(H2,36,37,38,39);6-14,19-22,38H,15-18H2,1-3,5H3,(H2,34,35,36,37);6-9,14-17,33H,10-13H2,1-3,5H3,(H2,29,30,31,32). The fourth-order valence-electron chi connectivity index (χ4n) is 13.7. The van der Waals surface area contributed by atoms with E-state index in [1.54, 1.807) is 111 Å². The van der Waals surface area contributed by atoms with Crippen LogP contribution in [-0.4, -0.2) is 186 Å². The fourth-order valence-corrected chi connectivity index (χ4v) is 18.8. The van der Waals surface area contributed by atoms with E-state index in [9.17, 15) is 25.3 Å². The molecule has 0 amide bonds. The third-order valence-electron chi connectivity index (χ3n) is 19.8. The lowest BCUT2D eigenvalue weighted by atomic mass is 10.0. The predicted octanol–water partition coefficient (Wildman–Crippen LogP) is 17.7. The summed E-state index contributed by atoms with van der Waals surface area (Å²) in [4.78, 5) is 55.1. The highest BCUT2D eigenvalue weighted by molar-refractivity contribution is 9.10. The summed E-state index contributed by atoms with van der Waals surface area (Å²) in [7, 11) is -5.15. The predicted molar refractivity (Wildman–Crippen MR) is 507 cm³/mol. The lowest BCUT2D eigenvalue weighted by Crippen LogP contribution is -2.44. The van der Waals surface area contributed by atoms with Gasteiger partial charge in [-0.2, -0.15) is 0 Å². The van der Waals surface area contributed by atoms with Gasteiger partial charge in [0.05, 0.1) is 41.0 Å². The van der Waals surface area contributed by atoms with E-state index in [0.717, 1.165) is 118 Å². The quantitative estimate of drug-likeness (QED) is 0.0269. The van der Waals surface area contributed by atoms with Crippen LogP contribution in [0.3, 0.4) is 0 Å². The van der Waals surface area contributed by atoms with Crippen molar-refractivity contribution in [1.82, 2.24) is 58.8 Å². The number of halogens is 1. The van der Waals surface area contributed by atoms with Gasteiger partial charge in [-0.1, -0.05) is 70.5 Å². The minimum atomic E-state index is -3.94. The monoisotopic (exact) mass is 1820 g/mol. The minimum absolute atomic E-state index is 0.00872. The molecule has 0 bridgehead atoms. The number of sulfonamides is 3. The van der Waals surface area contributed by atoms with Gasteiger partial charge in [-0.05, 0) is 233 Å². The molecule has 3 aliphatic rings. The molecule has 9 N–H and O–H groups in total. The first-order valence-corrected chi connectivity index (χ1v) is 45.8. The number of hydrogen-bond acceptors (Lipinski definition) is 24. The second kappa shape index (κ2) is 40.0. The van der Waals surface area contributed by atoms with Crippen molar-refractivity contribution >= 4 is 155 Å². The van der Waals surface area contributed by atoms with E-state index < -0.39 is 46.7 Å². The number of para-hydroxylation sites is 1. The molecule has 8 aromatic carbocycles. The summed E-state index contributed by atoms with van der Waals surface area (Å²) in [5.74, 6) is 1.62. The van der Waals surface area contributed by atoms with Crippen LogP contribution in [0.1, 0.15) is 62.3 Å². The molecule has 126 heavy (non-hydrogen) atoms.